The number of pyridine rings is 1. The third kappa shape index (κ3) is 6.42. The number of carbonyl (C=O) groups is 2. The summed E-state index contributed by atoms with van der Waals surface area (Å²) in [6.45, 7) is 3.81. The van der Waals surface area contributed by atoms with Gasteiger partial charge in [0.1, 0.15) is 6.61 Å². The quantitative estimate of drug-likeness (QED) is 0.619. The van der Waals surface area contributed by atoms with Gasteiger partial charge in [0, 0.05) is 25.4 Å². The number of amides is 1. The number of hydrogen-bond acceptors (Lipinski definition) is 5. The van der Waals surface area contributed by atoms with Crippen molar-refractivity contribution >= 4 is 11.9 Å². The monoisotopic (exact) mass is 409 g/mol. The Hall–Kier alpha value is -3.19. The second kappa shape index (κ2) is 11.1. The number of carboxylic acid groups (broad SMARTS) is 1. The molecule has 2 N–H and O–H groups in total. The number of piperidine rings is 1. The molecule has 2 aromatic rings. The molecule has 1 fully saturated rings. The van der Waals surface area contributed by atoms with Crippen LogP contribution in [0, 0.1) is 0 Å². The Bertz CT molecular complexity index is 892. The van der Waals surface area contributed by atoms with Crippen LogP contribution in [0.15, 0.2) is 54.7 Å². The maximum atomic E-state index is 12.2. The summed E-state index contributed by atoms with van der Waals surface area (Å²) in [4.78, 5) is 30.1. The predicted octanol–water partition coefficient (Wildman–Crippen LogP) is 3.13. The average Bonchev–Trinajstić information content (AvgIpc) is 2.77. The summed E-state index contributed by atoms with van der Waals surface area (Å²) < 4.78 is 5.67. The SMILES string of the molecule is O=C(O)c1ccccc1C(=O)NC/C=C\COc1cc(CN2CCCCC2)ccn1. The predicted molar refractivity (Wildman–Crippen MR) is 114 cm³/mol. The molecule has 1 aromatic heterocycles. The lowest BCUT2D eigenvalue weighted by Crippen LogP contribution is -2.29. The van der Waals surface area contributed by atoms with Gasteiger partial charge in [0.2, 0.25) is 5.88 Å². The van der Waals surface area contributed by atoms with Crippen LogP contribution < -0.4 is 10.1 Å². The summed E-state index contributed by atoms with van der Waals surface area (Å²) in [5.74, 6) is -0.973. The largest absolute Gasteiger partial charge is 0.478 e. The fourth-order valence-electron chi connectivity index (χ4n) is 3.40. The Morgan fingerprint density at radius 1 is 1.10 bits per heavy atom. The van der Waals surface area contributed by atoms with Gasteiger partial charge < -0.3 is 15.2 Å². The van der Waals surface area contributed by atoms with Gasteiger partial charge in [-0.3, -0.25) is 9.69 Å². The highest BCUT2D eigenvalue weighted by Crippen LogP contribution is 2.15. The van der Waals surface area contributed by atoms with Gasteiger partial charge in [0.15, 0.2) is 0 Å². The number of carbonyl (C=O) groups excluding carboxylic acids is 1. The molecular weight excluding hydrogens is 382 g/mol. The number of rotatable bonds is 9. The van der Waals surface area contributed by atoms with Crippen LogP contribution in [0.2, 0.25) is 0 Å². The fourth-order valence-corrected chi connectivity index (χ4v) is 3.40. The molecule has 1 aliphatic heterocycles. The Kier molecular flexibility index (Phi) is 7.97. The third-order valence-electron chi connectivity index (χ3n) is 4.93. The number of carboxylic acids is 1. The number of aromatic nitrogens is 1. The van der Waals surface area contributed by atoms with Crippen LogP contribution in [-0.2, 0) is 6.54 Å². The van der Waals surface area contributed by atoms with Crippen molar-refractivity contribution in [3.63, 3.8) is 0 Å². The number of nitrogens with one attached hydrogen (secondary N) is 1. The summed E-state index contributed by atoms with van der Waals surface area (Å²) in [6, 6.07) is 10.1. The van der Waals surface area contributed by atoms with Crippen molar-refractivity contribution in [3.05, 3.63) is 71.4 Å². The lowest BCUT2D eigenvalue weighted by molar-refractivity contribution is 0.0691. The highest BCUT2D eigenvalue weighted by Gasteiger charge is 2.14. The van der Waals surface area contributed by atoms with Crippen molar-refractivity contribution in [2.24, 2.45) is 0 Å². The lowest BCUT2D eigenvalue weighted by Gasteiger charge is -2.26. The standard InChI is InChI=1S/C23H27N3O4/c27-22(19-8-2-3-9-20(19)23(28)29)25-11-4-7-15-30-21-16-18(10-12-24-21)17-26-13-5-1-6-14-26/h2-4,7-10,12,16H,1,5-6,11,13-15,17H2,(H,25,27)(H,28,29)/b7-4-. The van der Waals surface area contributed by atoms with E-state index in [0.717, 1.165) is 19.6 Å². The summed E-state index contributed by atoms with van der Waals surface area (Å²) in [6.07, 6.45) is 9.16. The van der Waals surface area contributed by atoms with Gasteiger partial charge in [-0.25, -0.2) is 9.78 Å². The molecular formula is C23H27N3O4. The average molecular weight is 409 g/mol. The maximum absolute atomic E-state index is 12.2. The zero-order valence-electron chi connectivity index (χ0n) is 16.9. The molecule has 0 saturated carbocycles. The molecule has 30 heavy (non-hydrogen) atoms. The van der Waals surface area contributed by atoms with Crippen LogP contribution >= 0.6 is 0 Å². The van der Waals surface area contributed by atoms with Crippen LogP contribution in [-0.4, -0.2) is 53.1 Å². The van der Waals surface area contributed by atoms with Gasteiger partial charge in [-0.15, -0.1) is 0 Å². The highest BCUT2D eigenvalue weighted by molar-refractivity contribution is 6.04. The first-order valence-corrected chi connectivity index (χ1v) is 10.2. The van der Waals surface area contributed by atoms with Gasteiger partial charge in [-0.05, 0) is 55.8 Å². The third-order valence-corrected chi connectivity index (χ3v) is 4.93. The first-order valence-electron chi connectivity index (χ1n) is 10.2. The molecule has 0 radical (unpaired) electrons. The number of aromatic carboxylic acids is 1. The van der Waals surface area contributed by atoms with Crippen molar-refractivity contribution in [1.82, 2.24) is 15.2 Å². The molecule has 7 heteroatoms. The molecule has 0 spiro atoms. The molecule has 0 bridgehead atoms. The zero-order chi connectivity index (χ0) is 21.2. The van der Waals surface area contributed by atoms with Crippen molar-refractivity contribution in [2.75, 3.05) is 26.2 Å². The van der Waals surface area contributed by atoms with E-state index in [1.165, 1.54) is 37.0 Å². The van der Waals surface area contributed by atoms with Gasteiger partial charge >= 0.3 is 5.97 Å². The minimum absolute atomic E-state index is 0.0159. The minimum atomic E-state index is -1.13. The summed E-state index contributed by atoms with van der Waals surface area (Å²) >= 11 is 0. The Balaban J connectivity index is 1.42. The summed E-state index contributed by atoms with van der Waals surface area (Å²) in [5.41, 5.74) is 1.32. The van der Waals surface area contributed by atoms with Gasteiger partial charge in [-0.2, -0.15) is 0 Å². The van der Waals surface area contributed by atoms with Crippen molar-refractivity contribution in [1.29, 1.82) is 0 Å². The van der Waals surface area contributed by atoms with E-state index in [1.54, 1.807) is 30.5 Å². The molecule has 1 aliphatic rings. The summed E-state index contributed by atoms with van der Waals surface area (Å²) in [5, 5.41) is 11.8. The number of nitrogens with zero attached hydrogens (tertiary/aromatic N) is 2. The van der Waals surface area contributed by atoms with E-state index in [1.807, 2.05) is 12.1 Å². The molecule has 1 amide bonds. The number of ether oxygens (including phenoxy) is 1. The van der Waals surface area contributed by atoms with Gasteiger partial charge in [0.05, 0.1) is 11.1 Å². The molecule has 7 nitrogen and oxygen atoms in total. The number of hydrogen-bond donors (Lipinski definition) is 2. The van der Waals surface area contributed by atoms with E-state index in [-0.39, 0.29) is 17.7 Å². The molecule has 0 atom stereocenters. The molecule has 1 saturated heterocycles. The van der Waals surface area contributed by atoms with Crippen LogP contribution in [0.4, 0.5) is 0 Å². The van der Waals surface area contributed by atoms with Crippen molar-refractivity contribution in [3.8, 4) is 5.88 Å². The summed E-state index contributed by atoms with van der Waals surface area (Å²) in [7, 11) is 0. The molecule has 0 aliphatic carbocycles. The van der Waals surface area contributed by atoms with Crippen LogP contribution in [0.1, 0.15) is 45.5 Å². The van der Waals surface area contributed by atoms with E-state index in [4.69, 9.17) is 9.84 Å². The van der Waals surface area contributed by atoms with E-state index >= 15 is 0 Å². The van der Waals surface area contributed by atoms with Crippen LogP contribution in [0.5, 0.6) is 5.88 Å². The van der Waals surface area contributed by atoms with E-state index < -0.39 is 11.9 Å². The first kappa shape index (κ1) is 21.5. The minimum Gasteiger partial charge on any atom is -0.478 e. The fraction of sp³-hybridized carbons (Fsp3) is 0.348. The lowest BCUT2D eigenvalue weighted by atomic mass is 10.1. The smallest absolute Gasteiger partial charge is 0.336 e. The molecule has 158 valence electrons. The van der Waals surface area contributed by atoms with E-state index in [0.29, 0.717) is 12.5 Å². The van der Waals surface area contributed by atoms with Crippen LogP contribution in [0.3, 0.4) is 0 Å². The molecule has 3 rings (SSSR count). The normalized spacial score (nSPS) is 14.5. The number of benzene rings is 1. The number of likely N-dealkylation sites (tertiary alicyclic amines) is 1. The van der Waals surface area contributed by atoms with Crippen molar-refractivity contribution in [2.45, 2.75) is 25.8 Å². The highest BCUT2D eigenvalue weighted by atomic mass is 16.5. The second-order valence-corrected chi connectivity index (χ2v) is 7.18. The molecule has 0 unspecified atom stereocenters. The topological polar surface area (TPSA) is 91.8 Å². The first-order chi connectivity index (χ1) is 14.6. The van der Waals surface area contributed by atoms with Crippen LogP contribution in [0.25, 0.3) is 0 Å². The molecule has 2 heterocycles. The van der Waals surface area contributed by atoms with Crippen molar-refractivity contribution < 1.29 is 19.4 Å². The zero-order valence-corrected chi connectivity index (χ0v) is 16.9. The second-order valence-electron chi connectivity index (χ2n) is 7.18. The van der Waals surface area contributed by atoms with Gasteiger partial charge in [0.25, 0.3) is 5.91 Å². The maximum Gasteiger partial charge on any atom is 0.336 e. The Labute approximate surface area is 176 Å². The molecule has 1 aromatic carbocycles. The van der Waals surface area contributed by atoms with E-state index in [9.17, 15) is 9.59 Å². The Morgan fingerprint density at radius 3 is 2.63 bits per heavy atom. The van der Waals surface area contributed by atoms with Gasteiger partial charge in [-0.1, -0.05) is 24.6 Å². The Morgan fingerprint density at radius 2 is 1.87 bits per heavy atom. The van der Waals surface area contributed by atoms with E-state index in [2.05, 4.69) is 15.2 Å².